The predicted octanol–water partition coefficient (Wildman–Crippen LogP) is 2.12. The van der Waals surface area contributed by atoms with Gasteiger partial charge in [-0.3, -0.25) is 10.1 Å². The number of hydrogen-bond donors (Lipinski definition) is 3. The highest BCUT2D eigenvalue weighted by atomic mass is 16.5. The van der Waals surface area contributed by atoms with Crippen molar-refractivity contribution < 1.29 is 9.47 Å². The summed E-state index contributed by atoms with van der Waals surface area (Å²) in [5.74, 6) is 1.29. The van der Waals surface area contributed by atoms with Crippen LogP contribution in [0.5, 0.6) is 11.5 Å². The number of nitrogen functional groups attached to an aromatic ring is 1. The summed E-state index contributed by atoms with van der Waals surface area (Å²) in [5.41, 5.74) is 13.2. The van der Waals surface area contributed by atoms with Crippen molar-refractivity contribution in [2.24, 2.45) is 17.4 Å². The van der Waals surface area contributed by atoms with Crippen molar-refractivity contribution >= 4 is 5.84 Å². The zero-order valence-corrected chi connectivity index (χ0v) is 19.4. The number of ether oxygens (including phenoxy) is 2. The van der Waals surface area contributed by atoms with E-state index in [-0.39, 0.29) is 24.4 Å². The van der Waals surface area contributed by atoms with Crippen LogP contribution in [-0.4, -0.2) is 49.5 Å². The normalized spacial score (nSPS) is 13.0. The molecule has 0 aliphatic carbocycles. The summed E-state index contributed by atoms with van der Waals surface area (Å²) in [6.45, 7) is 5.99. The van der Waals surface area contributed by atoms with Crippen molar-refractivity contribution in [2.45, 2.75) is 52.3 Å². The molecule has 178 valence electrons. The van der Waals surface area contributed by atoms with Crippen LogP contribution in [-0.2, 0) is 13.2 Å². The number of unbranched alkanes of at least 4 members (excludes halogenated alkanes) is 1. The van der Waals surface area contributed by atoms with Gasteiger partial charge in [0.25, 0.3) is 0 Å². The van der Waals surface area contributed by atoms with E-state index >= 15 is 0 Å². The Hall–Kier alpha value is -3.47. The van der Waals surface area contributed by atoms with Gasteiger partial charge in [0.05, 0.1) is 19.5 Å². The molecule has 0 amide bonds. The molecule has 0 aliphatic heterocycles. The second kappa shape index (κ2) is 11.4. The van der Waals surface area contributed by atoms with Gasteiger partial charge in [0.1, 0.15) is 29.9 Å². The topological polar surface area (TPSA) is 156 Å². The van der Waals surface area contributed by atoms with E-state index in [0.29, 0.717) is 29.3 Å². The van der Waals surface area contributed by atoms with Gasteiger partial charge in [-0.1, -0.05) is 30.7 Å². The SMILES string of the molecule is CC[C@H](C)[C@@H](c1cn(CCCCN)nn1)n1cc(COc2ccc(C(=N)N)cc2OC)nn1. The Morgan fingerprint density at radius 1 is 1.15 bits per heavy atom. The lowest BCUT2D eigenvalue weighted by Gasteiger charge is -2.20. The summed E-state index contributed by atoms with van der Waals surface area (Å²) in [6, 6.07) is 5.03. The highest BCUT2D eigenvalue weighted by Gasteiger charge is 2.25. The number of benzene rings is 1. The maximum Gasteiger partial charge on any atom is 0.161 e. The van der Waals surface area contributed by atoms with E-state index in [1.54, 1.807) is 25.3 Å². The molecule has 0 saturated carbocycles. The first-order valence-electron chi connectivity index (χ1n) is 11.1. The van der Waals surface area contributed by atoms with Crippen molar-refractivity contribution in [1.29, 1.82) is 5.41 Å². The molecule has 0 spiro atoms. The van der Waals surface area contributed by atoms with Crippen LogP contribution in [0.1, 0.15) is 56.1 Å². The minimum atomic E-state index is -0.0797. The third kappa shape index (κ3) is 6.07. The van der Waals surface area contributed by atoms with E-state index in [1.165, 1.54) is 0 Å². The fourth-order valence-electron chi connectivity index (χ4n) is 3.51. The molecule has 2 heterocycles. The Kier molecular flexibility index (Phi) is 8.36. The van der Waals surface area contributed by atoms with Crippen molar-refractivity contribution in [3.8, 4) is 11.5 Å². The maximum atomic E-state index is 7.57. The monoisotopic (exact) mass is 455 g/mol. The third-order valence-corrected chi connectivity index (χ3v) is 5.58. The molecule has 1 aromatic carbocycles. The number of rotatable bonds is 13. The van der Waals surface area contributed by atoms with E-state index in [1.807, 2.05) is 21.8 Å². The quantitative estimate of drug-likeness (QED) is 0.201. The van der Waals surface area contributed by atoms with Crippen LogP contribution in [0.4, 0.5) is 0 Å². The van der Waals surface area contributed by atoms with Crippen LogP contribution in [0.25, 0.3) is 0 Å². The van der Waals surface area contributed by atoms with Crippen LogP contribution in [0.15, 0.2) is 30.6 Å². The Labute approximate surface area is 193 Å². The average molecular weight is 456 g/mol. The summed E-state index contributed by atoms with van der Waals surface area (Å²) >= 11 is 0. The highest BCUT2D eigenvalue weighted by Crippen LogP contribution is 2.29. The molecule has 2 atom stereocenters. The molecule has 3 aromatic rings. The third-order valence-electron chi connectivity index (χ3n) is 5.58. The summed E-state index contributed by atoms with van der Waals surface area (Å²) in [5, 5.41) is 24.9. The molecule has 0 radical (unpaired) electrons. The average Bonchev–Trinajstić information content (AvgIpc) is 3.48. The first-order chi connectivity index (χ1) is 16.0. The zero-order chi connectivity index (χ0) is 23.8. The van der Waals surface area contributed by atoms with Crippen LogP contribution >= 0.6 is 0 Å². The number of nitrogens with zero attached hydrogens (tertiary/aromatic N) is 6. The van der Waals surface area contributed by atoms with Crippen LogP contribution in [0.2, 0.25) is 0 Å². The fourth-order valence-corrected chi connectivity index (χ4v) is 3.51. The standard InChI is InChI=1S/C22H33N9O2/c1-4-15(2)21(18-13-30(28-27-18)10-6-5-9-23)31-12-17(26-29-31)14-33-19-8-7-16(22(24)25)11-20(19)32-3/h7-8,11-13,15,21H,4-6,9-10,14,23H2,1-3H3,(H3,24,25)/t15-,21-/m0/s1. The van der Waals surface area contributed by atoms with Gasteiger partial charge in [-0.25, -0.2) is 4.68 Å². The molecule has 2 aromatic heterocycles. The Morgan fingerprint density at radius 2 is 1.97 bits per heavy atom. The van der Waals surface area contributed by atoms with Crippen molar-refractivity contribution in [2.75, 3.05) is 13.7 Å². The second-order valence-electron chi connectivity index (χ2n) is 7.99. The summed E-state index contributed by atoms with van der Waals surface area (Å²) in [4.78, 5) is 0. The van der Waals surface area contributed by atoms with E-state index < -0.39 is 0 Å². The molecule has 11 heteroatoms. The number of amidine groups is 1. The van der Waals surface area contributed by atoms with Crippen LogP contribution < -0.4 is 20.9 Å². The Balaban J connectivity index is 1.73. The van der Waals surface area contributed by atoms with Gasteiger partial charge < -0.3 is 20.9 Å². The molecule has 11 nitrogen and oxygen atoms in total. The molecule has 0 aliphatic rings. The molecule has 0 unspecified atom stereocenters. The smallest absolute Gasteiger partial charge is 0.161 e. The van der Waals surface area contributed by atoms with Crippen molar-refractivity contribution in [3.63, 3.8) is 0 Å². The highest BCUT2D eigenvalue weighted by molar-refractivity contribution is 5.95. The van der Waals surface area contributed by atoms with Crippen molar-refractivity contribution in [3.05, 3.63) is 47.5 Å². The number of aryl methyl sites for hydroxylation is 1. The van der Waals surface area contributed by atoms with Gasteiger partial charge in [-0.2, -0.15) is 0 Å². The molecule has 33 heavy (non-hydrogen) atoms. The van der Waals surface area contributed by atoms with Gasteiger partial charge in [0.2, 0.25) is 0 Å². The lowest BCUT2D eigenvalue weighted by molar-refractivity contribution is 0.280. The van der Waals surface area contributed by atoms with Gasteiger partial charge in [-0.15, -0.1) is 10.2 Å². The van der Waals surface area contributed by atoms with E-state index in [2.05, 4.69) is 34.5 Å². The molecule has 5 N–H and O–H groups in total. The zero-order valence-electron chi connectivity index (χ0n) is 19.4. The number of methoxy groups -OCH3 is 1. The van der Waals surface area contributed by atoms with E-state index in [9.17, 15) is 0 Å². The van der Waals surface area contributed by atoms with Gasteiger partial charge in [0.15, 0.2) is 11.5 Å². The summed E-state index contributed by atoms with van der Waals surface area (Å²) in [7, 11) is 1.54. The van der Waals surface area contributed by atoms with Gasteiger partial charge in [-0.05, 0) is 43.5 Å². The fraction of sp³-hybridized carbons (Fsp3) is 0.500. The first kappa shape index (κ1) is 24.2. The van der Waals surface area contributed by atoms with Gasteiger partial charge >= 0.3 is 0 Å². The van der Waals surface area contributed by atoms with Crippen LogP contribution in [0.3, 0.4) is 0 Å². The number of aromatic nitrogens is 6. The largest absolute Gasteiger partial charge is 0.493 e. The molecule has 0 bridgehead atoms. The Bertz CT molecular complexity index is 1050. The Morgan fingerprint density at radius 3 is 2.67 bits per heavy atom. The lowest BCUT2D eigenvalue weighted by atomic mass is 9.97. The molecular formula is C22H33N9O2. The molecule has 3 rings (SSSR count). The lowest BCUT2D eigenvalue weighted by Crippen LogP contribution is -2.19. The summed E-state index contributed by atoms with van der Waals surface area (Å²) in [6.07, 6.45) is 6.73. The molecular weight excluding hydrogens is 422 g/mol. The van der Waals surface area contributed by atoms with E-state index in [4.69, 9.17) is 26.4 Å². The van der Waals surface area contributed by atoms with E-state index in [0.717, 1.165) is 31.5 Å². The van der Waals surface area contributed by atoms with Crippen molar-refractivity contribution in [1.82, 2.24) is 30.0 Å². The second-order valence-corrected chi connectivity index (χ2v) is 7.99. The first-order valence-corrected chi connectivity index (χ1v) is 11.1. The predicted molar refractivity (Wildman–Crippen MR) is 124 cm³/mol. The minimum Gasteiger partial charge on any atom is -0.493 e. The summed E-state index contributed by atoms with van der Waals surface area (Å²) < 4.78 is 15.0. The minimum absolute atomic E-state index is 0.0322. The molecule has 0 fully saturated rings. The molecule has 0 saturated heterocycles. The number of hydrogen-bond acceptors (Lipinski definition) is 8. The maximum absolute atomic E-state index is 7.57. The number of nitrogens with two attached hydrogens (primary N) is 2. The van der Waals surface area contributed by atoms with Crippen LogP contribution in [0, 0.1) is 11.3 Å². The van der Waals surface area contributed by atoms with Gasteiger partial charge in [0, 0.05) is 12.1 Å². The number of nitrogens with one attached hydrogen (secondary N) is 1.